The van der Waals surface area contributed by atoms with Crippen molar-refractivity contribution in [3.05, 3.63) is 48.0 Å². The molecular weight excluding hydrogens is 294 g/mol. The van der Waals surface area contributed by atoms with Crippen molar-refractivity contribution in [1.29, 1.82) is 0 Å². The predicted molar refractivity (Wildman–Crippen MR) is 81.8 cm³/mol. The van der Waals surface area contributed by atoms with Gasteiger partial charge in [0.2, 0.25) is 5.91 Å². The van der Waals surface area contributed by atoms with Crippen LogP contribution in [0.4, 0.5) is 0 Å². The second kappa shape index (κ2) is 6.96. The quantitative estimate of drug-likeness (QED) is 0.587. The lowest BCUT2D eigenvalue weighted by molar-refractivity contribution is -0.313. The molecule has 0 heterocycles. The molecule has 0 saturated heterocycles. The fourth-order valence-corrected chi connectivity index (χ4v) is 3.63. The van der Waals surface area contributed by atoms with E-state index in [0.717, 1.165) is 12.0 Å². The van der Waals surface area contributed by atoms with Crippen LogP contribution in [-0.2, 0) is 20.9 Å². The van der Waals surface area contributed by atoms with Crippen molar-refractivity contribution in [3.63, 3.8) is 0 Å². The summed E-state index contributed by atoms with van der Waals surface area (Å²) in [5, 5.41) is 14.1. The topological polar surface area (TPSA) is 78.5 Å². The summed E-state index contributed by atoms with van der Waals surface area (Å²) in [5.41, 5.74) is 1.08. The monoisotopic (exact) mass is 314 g/mol. The number of aliphatic carboxylic acids is 1. The van der Waals surface area contributed by atoms with Crippen LogP contribution >= 0.6 is 0 Å². The maximum absolute atomic E-state index is 12.3. The van der Waals surface area contributed by atoms with E-state index in [9.17, 15) is 14.7 Å². The minimum atomic E-state index is -1.12. The Kier molecular flexibility index (Phi) is 4.76. The number of benzene rings is 1. The second-order valence-corrected chi connectivity index (χ2v) is 6.15. The molecule has 0 spiro atoms. The number of allylic oxidation sites excluding steroid dienone is 2. The number of rotatable bonds is 7. The number of nitrogens with one attached hydrogen (secondary N) is 1. The van der Waals surface area contributed by atoms with E-state index < -0.39 is 17.8 Å². The van der Waals surface area contributed by atoms with E-state index in [1.54, 1.807) is 0 Å². The first-order valence-corrected chi connectivity index (χ1v) is 7.95. The highest BCUT2D eigenvalue weighted by Gasteiger charge is 2.48. The molecule has 1 aromatic rings. The first kappa shape index (κ1) is 15.7. The van der Waals surface area contributed by atoms with Gasteiger partial charge in [-0.05, 0) is 23.8 Å². The maximum atomic E-state index is 12.3. The van der Waals surface area contributed by atoms with Gasteiger partial charge in [-0.3, -0.25) is 4.79 Å². The number of carboxylic acids is 1. The van der Waals surface area contributed by atoms with E-state index in [2.05, 4.69) is 5.32 Å². The molecule has 2 bridgehead atoms. The predicted octanol–water partition coefficient (Wildman–Crippen LogP) is 0.508. The van der Waals surface area contributed by atoms with Crippen LogP contribution in [0.25, 0.3) is 0 Å². The number of carbonyl (C=O) groups is 2. The fraction of sp³-hybridized carbons (Fsp3) is 0.444. The van der Waals surface area contributed by atoms with Gasteiger partial charge in [0, 0.05) is 18.4 Å². The zero-order valence-electron chi connectivity index (χ0n) is 12.8. The summed E-state index contributed by atoms with van der Waals surface area (Å²) in [6.45, 7) is 1.27. The number of carbonyl (C=O) groups excluding carboxylic acids is 2. The Morgan fingerprint density at radius 2 is 1.83 bits per heavy atom. The first-order chi connectivity index (χ1) is 11.2. The van der Waals surface area contributed by atoms with Gasteiger partial charge < -0.3 is 20.0 Å². The molecule has 0 unspecified atom stereocenters. The first-order valence-electron chi connectivity index (χ1n) is 7.95. The number of hydrogen-bond acceptors (Lipinski definition) is 4. The Bertz CT molecular complexity index is 598. The van der Waals surface area contributed by atoms with Crippen LogP contribution in [0.5, 0.6) is 0 Å². The third-order valence-corrected chi connectivity index (χ3v) is 4.69. The van der Waals surface area contributed by atoms with Crippen LogP contribution in [0.1, 0.15) is 12.0 Å². The molecule has 1 N–H and O–H groups in total. The van der Waals surface area contributed by atoms with Crippen molar-refractivity contribution >= 4 is 11.9 Å². The normalized spacial score (nSPS) is 28.0. The number of carboxylic acid groups (broad SMARTS) is 1. The molecule has 0 radical (unpaired) electrons. The van der Waals surface area contributed by atoms with Gasteiger partial charge in [-0.15, -0.1) is 0 Å². The van der Waals surface area contributed by atoms with Crippen LogP contribution in [0.15, 0.2) is 42.5 Å². The van der Waals surface area contributed by atoms with Gasteiger partial charge in [0.1, 0.15) is 0 Å². The number of hydrogen-bond donors (Lipinski definition) is 1. The van der Waals surface area contributed by atoms with Crippen LogP contribution < -0.4 is 10.4 Å². The van der Waals surface area contributed by atoms with Gasteiger partial charge in [-0.1, -0.05) is 42.5 Å². The van der Waals surface area contributed by atoms with Crippen molar-refractivity contribution < 1.29 is 19.4 Å². The lowest BCUT2D eigenvalue weighted by Gasteiger charge is -2.27. The zero-order valence-corrected chi connectivity index (χ0v) is 12.8. The Morgan fingerprint density at radius 1 is 1.13 bits per heavy atom. The largest absolute Gasteiger partial charge is 0.550 e. The summed E-state index contributed by atoms with van der Waals surface area (Å²) < 4.78 is 5.51. The molecule has 23 heavy (non-hydrogen) atoms. The molecule has 0 aliphatic heterocycles. The van der Waals surface area contributed by atoms with Crippen LogP contribution in [0.2, 0.25) is 0 Å². The summed E-state index contributed by atoms with van der Waals surface area (Å²) in [4.78, 5) is 23.6. The number of ether oxygens (including phenoxy) is 1. The molecule has 1 saturated carbocycles. The zero-order chi connectivity index (χ0) is 16.2. The van der Waals surface area contributed by atoms with Gasteiger partial charge in [-0.2, -0.15) is 0 Å². The van der Waals surface area contributed by atoms with E-state index in [1.807, 2.05) is 42.5 Å². The van der Waals surface area contributed by atoms with E-state index in [-0.39, 0.29) is 17.7 Å². The molecular formula is C18H20NO4-. The van der Waals surface area contributed by atoms with E-state index in [1.165, 1.54) is 0 Å². The average molecular weight is 314 g/mol. The van der Waals surface area contributed by atoms with Crippen LogP contribution in [0, 0.1) is 23.7 Å². The smallest absolute Gasteiger partial charge is 0.224 e. The van der Waals surface area contributed by atoms with Gasteiger partial charge in [0.05, 0.1) is 19.1 Å². The molecule has 5 heteroatoms. The fourth-order valence-electron chi connectivity index (χ4n) is 3.63. The second-order valence-electron chi connectivity index (χ2n) is 6.15. The van der Waals surface area contributed by atoms with E-state index >= 15 is 0 Å². The van der Waals surface area contributed by atoms with Gasteiger partial charge >= 0.3 is 0 Å². The molecule has 1 aromatic carbocycles. The highest BCUT2D eigenvalue weighted by atomic mass is 16.5. The minimum absolute atomic E-state index is 0.0214. The Hall–Kier alpha value is -2.14. The summed E-state index contributed by atoms with van der Waals surface area (Å²) >= 11 is 0. The number of fused-ring (bicyclic) bond motifs is 2. The van der Waals surface area contributed by atoms with Crippen molar-refractivity contribution in [1.82, 2.24) is 5.32 Å². The molecule has 2 aliphatic carbocycles. The summed E-state index contributed by atoms with van der Waals surface area (Å²) in [5.74, 6) is -2.58. The SMILES string of the molecule is O=C([O-])[C@@H]1[C@@H](C(=O)NCCOCc2ccccc2)[C@H]2C=C[C@H]1C2. The van der Waals surface area contributed by atoms with Gasteiger partial charge in [-0.25, -0.2) is 0 Å². The molecule has 5 nitrogen and oxygen atoms in total. The van der Waals surface area contributed by atoms with Gasteiger partial charge in [0.15, 0.2) is 0 Å². The summed E-state index contributed by atoms with van der Waals surface area (Å²) in [6.07, 6.45) is 4.60. The van der Waals surface area contributed by atoms with Crippen molar-refractivity contribution in [3.8, 4) is 0 Å². The minimum Gasteiger partial charge on any atom is -0.550 e. The Balaban J connectivity index is 1.43. The average Bonchev–Trinajstić information content (AvgIpc) is 3.16. The highest BCUT2D eigenvalue weighted by molar-refractivity contribution is 5.86. The van der Waals surface area contributed by atoms with Gasteiger partial charge in [0.25, 0.3) is 0 Å². The molecule has 0 aromatic heterocycles. The number of amides is 1. The summed E-state index contributed by atoms with van der Waals surface area (Å²) in [6, 6.07) is 9.79. The third-order valence-electron chi connectivity index (χ3n) is 4.69. The molecule has 3 rings (SSSR count). The lowest BCUT2D eigenvalue weighted by atomic mass is 9.82. The lowest BCUT2D eigenvalue weighted by Crippen LogP contribution is -2.45. The standard InChI is InChI=1S/C18H21NO4/c20-17(15-13-6-7-14(10-13)16(15)18(21)22)19-8-9-23-11-12-4-2-1-3-5-12/h1-7,13-16H,8-11H2,(H,19,20)(H,21,22)/p-1/t13-,14-,15-,16-/m0/s1. The van der Waals surface area contributed by atoms with E-state index in [4.69, 9.17) is 4.74 Å². The van der Waals surface area contributed by atoms with Crippen molar-refractivity contribution in [2.75, 3.05) is 13.2 Å². The van der Waals surface area contributed by atoms with Crippen LogP contribution in [-0.4, -0.2) is 25.0 Å². The van der Waals surface area contributed by atoms with Crippen molar-refractivity contribution in [2.45, 2.75) is 13.0 Å². The Morgan fingerprint density at radius 3 is 2.52 bits per heavy atom. The van der Waals surface area contributed by atoms with Crippen LogP contribution in [0.3, 0.4) is 0 Å². The Labute approximate surface area is 135 Å². The summed E-state index contributed by atoms with van der Waals surface area (Å²) in [7, 11) is 0. The maximum Gasteiger partial charge on any atom is 0.224 e. The molecule has 1 amide bonds. The highest BCUT2D eigenvalue weighted by Crippen LogP contribution is 2.47. The van der Waals surface area contributed by atoms with E-state index in [0.29, 0.717) is 19.8 Å². The van der Waals surface area contributed by atoms with Crippen molar-refractivity contribution in [2.24, 2.45) is 23.7 Å². The third kappa shape index (κ3) is 3.45. The molecule has 1 fully saturated rings. The molecule has 2 aliphatic rings. The molecule has 4 atom stereocenters. The molecule has 122 valence electrons.